The summed E-state index contributed by atoms with van der Waals surface area (Å²) in [6.45, 7) is 2.78. The molecule has 0 bridgehead atoms. The molecule has 1 saturated carbocycles. The average Bonchev–Trinajstić information content (AvgIpc) is 3.15. The molecule has 0 atom stereocenters. The van der Waals surface area contributed by atoms with Crippen molar-refractivity contribution in [3.8, 4) is 0 Å². The number of aromatic carboxylic acids is 1. The van der Waals surface area contributed by atoms with Crippen LogP contribution >= 0.6 is 0 Å². The highest BCUT2D eigenvalue weighted by Gasteiger charge is 2.27. The first-order valence-electron chi connectivity index (χ1n) is 6.75. The SMILES string of the molecule is Cc1nn(C)c2ncc(C(=O)O)c(N(C)CC3CC3)c12. The van der Waals surface area contributed by atoms with E-state index in [4.69, 9.17) is 0 Å². The molecule has 6 heteroatoms. The van der Waals surface area contributed by atoms with E-state index in [1.54, 1.807) is 4.68 Å². The van der Waals surface area contributed by atoms with Gasteiger partial charge in [-0.25, -0.2) is 9.78 Å². The summed E-state index contributed by atoms with van der Waals surface area (Å²) in [4.78, 5) is 17.8. The Labute approximate surface area is 117 Å². The minimum Gasteiger partial charge on any atom is -0.478 e. The molecule has 2 aromatic rings. The summed E-state index contributed by atoms with van der Waals surface area (Å²) in [6, 6.07) is 0. The number of hydrogen-bond acceptors (Lipinski definition) is 4. The van der Waals surface area contributed by atoms with Crippen molar-refractivity contribution < 1.29 is 9.90 Å². The molecule has 0 saturated heterocycles. The zero-order chi connectivity index (χ0) is 14.4. The highest BCUT2D eigenvalue weighted by molar-refractivity contribution is 6.04. The van der Waals surface area contributed by atoms with Gasteiger partial charge in [0.05, 0.1) is 16.8 Å². The van der Waals surface area contributed by atoms with Crippen LogP contribution in [0.1, 0.15) is 28.9 Å². The second-order valence-electron chi connectivity index (χ2n) is 5.56. The summed E-state index contributed by atoms with van der Waals surface area (Å²) in [7, 11) is 3.78. The number of aryl methyl sites for hydroxylation is 2. The number of fused-ring (bicyclic) bond motifs is 1. The molecular formula is C14H18N4O2. The van der Waals surface area contributed by atoms with Crippen molar-refractivity contribution in [3.05, 3.63) is 17.5 Å². The molecule has 1 N–H and O–H groups in total. The first-order chi connectivity index (χ1) is 9.49. The van der Waals surface area contributed by atoms with Gasteiger partial charge in [0.25, 0.3) is 0 Å². The van der Waals surface area contributed by atoms with Crippen LogP contribution in [-0.4, -0.2) is 39.4 Å². The van der Waals surface area contributed by atoms with E-state index in [-0.39, 0.29) is 5.56 Å². The van der Waals surface area contributed by atoms with Gasteiger partial charge >= 0.3 is 5.97 Å². The lowest BCUT2D eigenvalue weighted by Gasteiger charge is -2.22. The molecule has 2 heterocycles. The second kappa shape index (κ2) is 4.47. The van der Waals surface area contributed by atoms with Crippen LogP contribution in [0, 0.1) is 12.8 Å². The zero-order valence-corrected chi connectivity index (χ0v) is 11.9. The Balaban J connectivity index is 2.22. The minimum absolute atomic E-state index is 0.247. The van der Waals surface area contributed by atoms with Gasteiger partial charge in [-0.05, 0) is 25.7 Å². The molecule has 6 nitrogen and oxygen atoms in total. The van der Waals surface area contributed by atoms with Crippen LogP contribution in [0.15, 0.2) is 6.20 Å². The maximum absolute atomic E-state index is 11.5. The smallest absolute Gasteiger partial charge is 0.339 e. The van der Waals surface area contributed by atoms with E-state index in [0.29, 0.717) is 5.92 Å². The molecule has 1 aliphatic carbocycles. The zero-order valence-electron chi connectivity index (χ0n) is 11.9. The molecule has 3 rings (SSSR count). The molecule has 0 aromatic carbocycles. The fraction of sp³-hybridized carbons (Fsp3) is 0.500. The van der Waals surface area contributed by atoms with Gasteiger partial charge < -0.3 is 10.0 Å². The van der Waals surface area contributed by atoms with Gasteiger partial charge in [-0.15, -0.1) is 0 Å². The summed E-state index contributed by atoms with van der Waals surface area (Å²) in [6.07, 6.45) is 3.89. The van der Waals surface area contributed by atoms with Crippen LogP contribution in [0.4, 0.5) is 5.69 Å². The van der Waals surface area contributed by atoms with Crippen LogP contribution in [-0.2, 0) is 7.05 Å². The van der Waals surface area contributed by atoms with Crippen molar-refractivity contribution in [3.63, 3.8) is 0 Å². The molecule has 1 aliphatic rings. The molecule has 0 radical (unpaired) electrons. The number of rotatable bonds is 4. The van der Waals surface area contributed by atoms with Crippen molar-refractivity contribution in [2.75, 3.05) is 18.5 Å². The molecule has 0 spiro atoms. The van der Waals surface area contributed by atoms with Crippen LogP contribution in [0.2, 0.25) is 0 Å². The van der Waals surface area contributed by atoms with Gasteiger partial charge in [0.2, 0.25) is 0 Å². The Hall–Kier alpha value is -2.11. The molecule has 0 amide bonds. The molecule has 0 unspecified atom stereocenters. The first-order valence-corrected chi connectivity index (χ1v) is 6.75. The van der Waals surface area contributed by atoms with Crippen molar-refractivity contribution in [2.45, 2.75) is 19.8 Å². The largest absolute Gasteiger partial charge is 0.478 e. The standard InChI is InChI=1S/C14H18N4O2/c1-8-11-12(17(2)7-9-4-5-9)10(14(19)20)6-15-13(11)18(3)16-8/h6,9H,4-5,7H2,1-3H3,(H,19,20). The van der Waals surface area contributed by atoms with Crippen LogP contribution < -0.4 is 4.90 Å². The van der Waals surface area contributed by atoms with Crippen LogP contribution in [0.25, 0.3) is 11.0 Å². The lowest BCUT2D eigenvalue weighted by molar-refractivity contribution is 0.0697. The highest BCUT2D eigenvalue weighted by atomic mass is 16.4. The molecule has 0 aliphatic heterocycles. The number of hydrogen-bond donors (Lipinski definition) is 1. The fourth-order valence-electron chi connectivity index (χ4n) is 2.72. The maximum atomic E-state index is 11.5. The van der Waals surface area contributed by atoms with Crippen LogP contribution in [0.5, 0.6) is 0 Å². The van der Waals surface area contributed by atoms with Crippen molar-refractivity contribution in [1.29, 1.82) is 0 Å². The number of carboxylic acids is 1. The topological polar surface area (TPSA) is 71.2 Å². The van der Waals surface area contributed by atoms with E-state index < -0.39 is 5.97 Å². The number of aromatic nitrogens is 3. The number of carbonyl (C=O) groups is 1. The first kappa shape index (κ1) is 12.9. The van der Waals surface area contributed by atoms with E-state index in [0.717, 1.165) is 29.0 Å². The summed E-state index contributed by atoms with van der Waals surface area (Å²) < 4.78 is 1.70. The Morgan fingerprint density at radius 3 is 2.85 bits per heavy atom. The lowest BCUT2D eigenvalue weighted by Crippen LogP contribution is -2.23. The summed E-state index contributed by atoms with van der Waals surface area (Å²) in [5.74, 6) is -0.262. The van der Waals surface area contributed by atoms with Crippen molar-refractivity contribution in [1.82, 2.24) is 14.8 Å². The number of anilines is 1. The number of nitrogens with zero attached hydrogens (tertiary/aromatic N) is 4. The minimum atomic E-state index is -0.944. The predicted octanol–water partition coefficient (Wildman–Crippen LogP) is 1.82. The van der Waals surface area contributed by atoms with E-state index in [1.165, 1.54) is 19.0 Å². The molecule has 106 valence electrons. The van der Waals surface area contributed by atoms with Gasteiger partial charge in [0.15, 0.2) is 5.65 Å². The third-order valence-electron chi connectivity index (χ3n) is 3.84. The molecule has 2 aromatic heterocycles. The summed E-state index contributed by atoms with van der Waals surface area (Å²) >= 11 is 0. The molecule has 1 fully saturated rings. The fourth-order valence-corrected chi connectivity index (χ4v) is 2.72. The molecule has 20 heavy (non-hydrogen) atoms. The molecular weight excluding hydrogens is 256 g/mol. The summed E-state index contributed by atoms with van der Waals surface area (Å²) in [5.41, 5.74) is 2.53. The van der Waals surface area contributed by atoms with E-state index in [9.17, 15) is 9.90 Å². The van der Waals surface area contributed by atoms with Gasteiger partial charge in [-0.1, -0.05) is 0 Å². The maximum Gasteiger partial charge on any atom is 0.339 e. The lowest BCUT2D eigenvalue weighted by atomic mass is 10.1. The predicted molar refractivity (Wildman–Crippen MR) is 76.2 cm³/mol. The number of pyridine rings is 1. The van der Waals surface area contributed by atoms with Gasteiger partial charge in [-0.2, -0.15) is 5.10 Å². The van der Waals surface area contributed by atoms with Gasteiger partial charge in [0.1, 0.15) is 5.56 Å². The van der Waals surface area contributed by atoms with Crippen LogP contribution in [0.3, 0.4) is 0 Å². The normalized spacial score (nSPS) is 14.8. The van der Waals surface area contributed by atoms with Gasteiger partial charge in [-0.3, -0.25) is 4.68 Å². The Kier molecular flexibility index (Phi) is 2.88. The van der Waals surface area contributed by atoms with E-state index in [2.05, 4.69) is 10.1 Å². The average molecular weight is 274 g/mol. The highest BCUT2D eigenvalue weighted by Crippen LogP contribution is 2.35. The Morgan fingerprint density at radius 2 is 2.25 bits per heavy atom. The monoisotopic (exact) mass is 274 g/mol. The quantitative estimate of drug-likeness (QED) is 0.920. The third-order valence-corrected chi connectivity index (χ3v) is 3.84. The Bertz CT molecular complexity index is 688. The van der Waals surface area contributed by atoms with E-state index >= 15 is 0 Å². The van der Waals surface area contributed by atoms with Crippen molar-refractivity contribution in [2.24, 2.45) is 13.0 Å². The number of carboxylic acid groups (broad SMARTS) is 1. The summed E-state index contributed by atoms with van der Waals surface area (Å²) in [5, 5.41) is 14.6. The second-order valence-corrected chi connectivity index (χ2v) is 5.56. The Morgan fingerprint density at radius 1 is 1.55 bits per heavy atom. The van der Waals surface area contributed by atoms with E-state index in [1.807, 2.05) is 25.9 Å². The third kappa shape index (κ3) is 2.01. The van der Waals surface area contributed by atoms with Gasteiger partial charge in [0, 0.05) is 26.8 Å². The van der Waals surface area contributed by atoms with Crippen molar-refractivity contribution >= 4 is 22.7 Å².